The maximum Gasteiger partial charge on any atom is 0.0300 e. The number of aromatic nitrogens is 1. The Labute approximate surface area is 118 Å². The second-order valence-electron chi connectivity index (χ2n) is 6.00. The lowest BCUT2D eigenvalue weighted by atomic mass is 9.74. The van der Waals surface area contributed by atoms with E-state index < -0.39 is 0 Å². The Hall–Kier alpha value is -0.890. The fourth-order valence-electron chi connectivity index (χ4n) is 3.61. The summed E-state index contributed by atoms with van der Waals surface area (Å²) in [6, 6.07) is 4.88. The summed E-state index contributed by atoms with van der Waals surface area (Å²) < 4.78 is 0. The molecule has 0 bridgehead atoms. The van der Waals surface area contributed by atoms with E-state index in [1.54, 1.807) is 0 Å². The molecule has 2 nitrogen and oxygen atoms in total. The van der Waals surface area contributed by atoms with Gasteiger partial charge < -0.3 is 5.32 Å². The summed E-state index contributed by atoms with van der Waals surface area (Å²) in [5.74, 6) is 0. The highest BCUT2D eigenvalue weighted by Gasteiger charge is 2.39. The molecule has 0 aliphatic heterocycles. The standard InChI is InChI=1S/C17H28N2/c1-3-11-19-16(13-15-8-7-12-18-14-15)17(4-2)9-5-6-10-17/h7-8,12,14,16,19H,3-6,9-11,13H2,1-2H3. The quantitative estimate of drug-likeness (QED) is 0.802. The Morgan fingerprint density at radius 1 is 1.32 bits per heavy atom. The van der Waals surface area contributed by atoms with Crippen LogP contribution in [0.4, 0.5) is 0 Å². The van der Waals surface area contributed by atoms with Crippen molar-refractivity contribution in [2.45, 2.75) is 64.8 Å². The SMILES string of the molecule is CCCNC(Cc1cccnc1)C1(CC)CCCC1. The molecule has 1 aliphatic rings. The topological polar surface area (TPSA) is 24.9 Å². The van der Waals surface area contributed by atoms with Gasteiger partial charge in [-0.25, -0.2) is 0 Å². The molecule has 1 saturated carbocycles. The largest absolute Gasteiger partial charge is 0.313 e. The lowest BCUT2D eigenvalue weighted by molar-refractivity contribution is 0.184. The highest BCUT2D eigenvalue weighted by Crippen LogP contribution is 2.44. The van der Waals surface area contributed by atoms with Gasteiger partial charge in [-0.15, -0.1) is 0 Å². The molecule has 0 aromatic carbocycles. The molecule has 1 aromatic heterocycles. The molecule has 2 rings (SSSR count). The minimum absolute atomic E-state index is 0.519. The van der Waals surface area contributed by atoms with Crippen LogP contribution in [-0.4, -0.2) is 17.6 Å². The maximum absolute atomic E-state index is 4.27. The molecular weight excluding hydrogens is 232 g/mol. The van der Waals surface area contributed by atoms with Crippen molar-refractivity contribution in [3.05, 3.63) is 30.1 Å². The van der Waals surface area contributed by atoms with Crippen LogP contribution in [0.25, 0.3) is 0 Å². The van der Waals surface area contributed by atoms with Gasteiger partial charge in [0.25, 0.3) is 0 Å². The zero-order valence-corrected chi connectivity index (χ0v) is 12.5. The minimum atomic E-state index is 0.519. The third-order valence-corrected chi connectivity index (χ3v) is 4.85. The van der Waals surface area contributed by atoms with Crippen LogP contribution >= 0.6 is 0 Å². The molecule has 1 N–H and O–H groups in total. The molecule has 1 heterocycles. The molecule has 2 heteroatoms. The average Bonchev–Trinajstić information content (AvgIpc) is 2.94. The first-order chi connectivity index (χ1) is 9.30. The van der Waals surface area contributed by atoms with Crippen LogP contribution in [0.3, 0.4) is 0 Å². The zero-order chi connectivity index (χ0) is 13.6. The molecule has 1 fully saturated rings. The van der Waals surface area contributed by atoms with Gasteiger partial charge in [-0.1, -0.05) is 32.8 Å². The molecule has 19 heavy (non-hydrogen) atoms. The van der Waals surface area contributed by atoms with Gasteiger partial charge in [0, 0.05) is 18.4 Å². The van der Waals surface area contributed by atoms with Crippen LogP contribution in [0.1, 0.15) is 57.9 Å². The van der Waals surface area contributed by atoms with Gasteiger partial charge in [-0.05, 0) is 55.7 Å². The van der Waals surface area contributed by atoms with Gasteiger partial charge in [0.2, 0.25) is 0 Å². The van der Waals surface area contributed by atoms with Crippen LogP contribution in [0.5, 0.6) is 0 Å². The van der Waals surface area contributed by atoms with Crippen molar-refractivity contribution in [1.82, 2.24) is 10.3 Å². The summed E-state index contributed by atoms with van der Waals surface area (Å²) in [6.07, 6.45) is 13.1. The maximum atomic E-state index is 4.27. The van der Waals surface area contributed by atoms with Gasteiger partial charge in [0.1, 0.15) is 0 Å². The smallest absolute Gasteiger partial charge is 0.0300 e. The number of hydrogen-bond donors (Lipinski definition) is 1. The molecule has 106 valence electrons. The molecule has 0 amide bonds. The molecule has 0 spiro atoms. The van der Waals surface area contributed by atoms with Crippen LogP contribution in [0.2, 0.25) is 0 Å². The Balaban J connectivity index is 2.10. The second-order valence-corrected chi connectivity index (χ2v) is 6.00. The lowest BCUT2D eigenvalue weighted by Gasteiger charge is -2.38. The van der Waals surface area contributed by atoms with Crippen molar-refractivity contribution in [3.63, 3.8) is 0 Å². The third kappa shape index (κ3) is 3.56. The van der Waals surface area contributed by atoms with E-state index in [-0.39, 0.29) is 0 Å². The molecule has 1 aliphatic carbocycles. The summed E-state index contributed by atoms with van der Waals surface area (Å²) >= 11 is 0. The minimum Gasteiger partial charge on any atom is -0.313 e. The first kappa shape index (κ1) is 14.5. The number of rotatable bonds is 7. The van der Waals surface area contributed by atoms with Crippen molar-refractivity contribution in [2.24, 2.45) is 5.41 Å². The Morgan fingerprint density at radius 2 is 2.11 bits per heavy atom. The van der Waals surface area contributed by atoms with E-state index in [1.165, 1.54) is 44.1 Å². The Bertz CT molecular complexity index is 355. The first-order valence-corrected chi connectivity index (χ1v) is 7.93. The number of pyridine rings is 1. The average molecular weight is 260 g/mol. The van der Waals surface area contributed by atoms with Crippen molar-refractivity contribution >= 4 is 0 Å². The van der Waals surface area contributed by atoms with Crippen LogP contribution in [0.15, 0.2) is 24.5 Å². The Kier molecular flexibility index (Phi) is 5.38. The summed E-state index contributed by atoms with van der Waals surface area (Å²) in [5, 5.41) is 3.82. The van der Waals surface area contributed by atoms with Crippen molar-refractivity contribution in [3.8, 4) is 0 Å². The normalized spacial score (nSPS) is 19.5. The van der Waals surface area contributed by atoms with Crippen molar-refractivity contribution in [1.29, 1.82) is 0 Å². The van der Waals surface area contributed by atoms with Gasteiger partial charge in [0.05, 0.1) is 0 Å². The van der Waals surface area contributed by atoms with Crippen LogP contribution < -0.4 is 5.32 Å². The van der Waals surface area contributed by atoms with Crippen molar-refractivity contribution in [2.75, 3.05) is 6.54 Å². The van der Waals surface area contributed by atoms with Gasteiger partial charge in [-0.3, -0.25) is 4.98 Å². The summed E-state index contributed by atoms with van der Waals surface area (Å²) in [4.78, 5) is 4.27. The summed E-state index contributed by atoms with van der Waals surface area (Å²) in [5.41, 5.74) is 1.89. The fourth-order valence-corrected chi connectivity index (χ4v) is 3.61. The van der Waals surface area contributed by atoms with Crippen LogP contribution in [0, 0.1) is 5.41 Å². The van der Waals surface area contributed by atoms with Crippen molar-refractivity contribution < 1.29 is 0 Å². The predicted molar refractivity (Wildman–Crippen MR) is 81.2 cm³/mol. The molecular formula is C17H28N2. The number of nitrogens with zero attached hydrogens (tertiary/aromatic N) is 1. The highest BCUT2D eigenvalue weighted by molar-refractivity contribution is 5.12. The molecule has 1 atom stereocenters. The van der Waals surface area contributed by atoms with E-state index in [4.69, 9.17) is 0 Å². The Morgan fingerprint density at radius 3 is 2.68 bits per heavy atom. The molecule has 0 radical (unpaired) electrons. The van der Waals surface area contributed by atoms with Gasteiger partial charge >= 0.3 is 0 Å². The van der Waals surface area contributed by atoms with E-state index in [0.29, 0.717) is 11.5 Å². The third-order valence-electron chi connectivity index (χ3n) is 4.85. The number of hydrogen-bond acceptors (Lipinski definition) is 2. The fraction of sp³-hybridized carbons (Fsp3) is 0.706. The van der Waals surface area contributed by atoms with E-state index >= 15 is 0 Å². The highest BCUT2D eigenvalue weighted by atomic mass is 14.9. The molecule has 1 aromatic rings. The first-order valence-electron chi connectivity index (χ1n) is 7.93. The molecule has 0 saturated heterocycles. The van der Waals surface area contributed by atoms with E-state index in [2.05, 4.69) is 36.3 Å². The predicted octanol–water partition coefficient (Wildman–Crippen LogP) is 3.96. The van der Waals surface area contributed by atoms with Gasteiger partial charge in [-0.2, -0.15) is 0 Å². The zero-order valence-electron chi connectivity index (χ0n) is 12.5. The lowest BCUT2D eigenvalue weighted by Crippen LogP contribution is -2.45. The molecule has 1 unspecified atom stereocenters. The van der Waals surface area contributed by atoms with E-state index in [1.807, 2.05) is 12.4 Å². The van der Waals surface area contributed by atoms with E-state index in [9.17, 15) is 0 Å². The second kappa shape index (κ2) is 7.04. The summed E-state index contributed by atoms with van der Waals surface area (Å²) in [7, 11) is 0. The number of nitrogens with one attached hydrogen (secondary N) is 1. The summed E-state index contributed by atoms with van der Waals surface area (Å²) in [6.45, 7) is 5.75. The van der Waals surface area contributed by atoms with E-state index in [0.717, 1.165) is 13.0 Å². The van der Waals surface area contributed by atoms with Crippen LogP contribution in [-0.2, 0) is 6.42 Å². The van der Waals surface area contributed by atoms with Gasteiger partial charge in [0.15, 0.2) is 0 Å². The monoisotopic (exact) mass is 260 g/mol.